The summed E-state index contributed by atoms with van der Waals surface area (Å²) in [7, 11) is 0. The molecule has 1 saturated heterocycles. The van der Waals surface area contributed by atoms with Crippen molar-refractivity contribution in [3.8, 4) is 0 Å². The monoisotopic (exact) mass is 401 g/mol. The van der Waals surface area contributed by atoms with Gasteiger partial charge in [-0.1, -0.05) is 29.8 Å². The number of halogens is 2. The molecule has 1 aromatic carbocycles. The molecular weight excluding hydrogens is 377 g/mol. The standard InChI is InChI=1S/C21H25ClFN5/c1-2-24-21(27-19-12-16(19)15-6-3-4-8-18(15)23)26-14-9-11-28(13-14)20-17(22)7-5-10-25-20/h3-8,10,14,16,19H,2,9,11-13H2,1H3,(H2,24,26,27). The summed E-state index contributed by atoms with van der Waals surface area (Å²) in [6.07, 6.45) is 3.67. The zero-order valence-corrected chi connectivity index (χ0v) is 16.7. The zero-order valence-electron chi connectivity index (χ0n) is 15.9. The molecule has 2 fully saturated rings. The molecule has 7 heteroatoms. The van der Waals surface area contributed by atoms with Crippen LogP contribution in [0.5, 0.6) is 0 Å². The topological polar surface area (TPSA) is 52.6 Å². The molecule has 0 spiro atoms. The van der Waals surface area contributed by atoms with Crippen LogP contribution in [0, 0.1) is 5.82 Å². The Labute approximate surface area is 170 Å². The lowest BCUT2D eigenvalue weighted by molar-refractivity contribution is 0.606. The second-order valence-electron chi connectivity index (χ2n) is 7.32. The van der Waals surface area contributed by atoms with Crippen molar-refractivity contribution in [2.45, 2.75) is 37.8 Å². The fraction of sp³-hybridized carbons (Fsp3) is 0.429. The fourth-order valence-electron chi connectivity index (χ4n) is 3.81. The predicted molar refractivity (Wildman–Crippen MR) is 112 cm³/mol. The number of nitrogens with one attached hydrogen (secondary N) is 2. The van der Waals surface area contributed by atoms with Crippen LogP contribution in [0.3, 0.4) is 0 Å². The fourth-order valence-corrected chi connectivity index (χ4v) is 4.06. The van der Waals surface area contributed by atoms with Crippen LogP contribution in [0.1, 0.15) is 31.2 Å². The summed E-state index contributed by atoms with van der Waals surface area (Å²) in [6, 6.07) is 11.2. The first-order chi connectivity index (χ1) is 13.7. The smallest absolute Gasteiger partial charge is 0.191 e. The summed E-state index contributed by atoms with van der Waals surface area (Å²) >= 11 is 6.28. The molecule has 2 aliphatic rings. The summed E-state index contributed by atoms with van der Waals surface area (Å²) < 4.78 is 14.0. The molecule has 28 heavy (non-hydrogen) atoms. The molecule has 148 valence electrons. The first-order valence-electron chi connectivity index (χ1n) is 9.83. The second kappa shape index (κ2) is 8.35. The Kier molecular flexibility index (Phi) is 5.67. The third-order valence-corrected chi connectivity index (χ3v) is 5.60. The summed E-state index contributed by atoms with van der Waals surface area (Å²) in [5.74, 6) is 1.71. The number of pyridine rings is 1. The maximum Gasteiger partial charge on any atom is 0.191 e. The van der Waals surface area contributed by atoms with Gasteiger partial charge in [0.25, 0.3) is 0 Å². The highest BCUT2D eigenvalue weighted by molar-refractivity contribution is 6.32. The Balaban J connectivity index is 1.35. The number of nitrogens with zero attached hydrogens (tertiary/aromatic N) is 3. The highest BCUT2D eigenvalue weighted by Gasteiger charge is 2.40. The minimum atomic E-state index is -0.127. The third kappa shape index (κ3) is 4.22. The van der Waals surface area contributed by atoms with Crippen LogP contribution in [0.15, 0.2) is 47.6 Å². The molecule has 5 nitrogen and oxygen atoms in total. The molecule has 1 aliphatic heterocycles. The number of rotatable bonds is 5. The van der Waals surface area contributed by atoms with Gasteiger partial charge < -0.3 is 15.5 Å². The van der Waals surface area contributed by atoms with E-state index in [1.165, 1.54) is 6.07 Å². The lowest BCUT2D eigenvalue weighted by Gasteiger charge is -2.20. The van der Waals surface area contributed by atoms with Gasteiger partial charge in [0.15, 0.2) is 5.96 Å². The van der Waals surface area contributed by atoms with Gasteiger partial charge in [-0.25, -0.2) is 9.37 Å². The number of anilines is 1. The molecule has 3 unspecified atom stereocenters. The van der Waals surface area contributed by atoms with Crippen molar-refractivity contribution in [1.82, 2.24) is 15.6 Å². The van der Waals surface area contributed by atoms with E-state index in [1.54, 1.807) is 12.3 Å². The first-order valence-corrected chi connectivity index (χ1v) is 10.2. The molecule has 2 aromatic rings. The summed E-state index contributed by atoms with van der Waals surface area (Å²) in [6.45, 7) is 4.42. The minimum absolute atomic E-state index is 0.127. The van der Waals surface area contributed by atoms with Crippen molar-refractivity contribution in [3.05, 3.63) is 59.0 Å². The van der Waals surface area contributed by atoms with Gasteiger partial charge in [0.1, 0.15) is 11.6 Å². The van der Waals surface area contributed by atoms with E-state index >= 15 is 0 Å². The predicted octanol–water partition coefficient (Wildman–Crippen LogP) is 3.56. The first kappa shape index (κ1) is 19.0. The largest absolute Gasteiger partial charge is 0.353 e. The van der Waals surface area contributed by atoms with Gasteiger partial charge in [0.2, 0.25) is 0 Å². The average Bonchev–Trinajstić information content (AvgIpc) is 3.28. The summed E-state index contributed by atoms with van der Waals surface area (Å²) in [4.78, 5) is 11.2. The Hall–Kier alpha value is -2.34. The van der Waals surface area contributed by atoms with E-state index in [0.717, 1.165) is 43.3 Å². The lowest BCUT2D eigenvalue weighted by Crippen LogP contribution is -2.45. The van der Waals surface area contributed by atoms with Crippen LogP contribution in [0.4, 0.5) is 10.2 Å². The van der Waals surface area contributed by atoms with Crippen molar-refractivity contribution >= 4 is 23.4 Å². The van der Waals surface area contributed by atoms with Gasteiger partial charge in [0.05, 0.1) is 5.02 Å². The molecule has 1 aliphatic carbocycles. The van der Waals surface area contributed by atoms with Crippen LogP contribution >= 0.6 is 11.6 Å². The Bertz CT molecular complexity index is 858. The SMILES string of the molecule is CCN=C(NC1CCN(c2ncccc2Cl)C1)NC1CC1c1ccccc1F. The summed E-state index contributed by atoms with van der Waals surface area (Å²) in [5, 5.41) is 7.67. The van der Waals surface area contributed by atoms with Gasteiger partial charge in [0, 0.05) is 43.8 Å². The van der Waals surface area contributed by atoms with Crippen molar-refractivity contribution in [1.29, 1.82) is 0 Å². The van der Waals surface area contributed by atoms with Crippen LogP contribution in [0.2, 0.25) is 5.02 Å². The van der Waals surface area contributed by atoms with Crippen molar-refractivity contribution in [2.24, 2.45) is 4.99 Å². The number of aromatic nitrogens is 1. The van der Waals surface area contributed by atoms with E-state index in [1.807, 2.05) is 31.2 Å². The normalized spacial score (nSPS) is 24.3. The third-order valence-electron chi connectivity index (χ3n) is 5.30. The highest BCUT2D eigenvalue weighted by atomic mass is 35.5. The minimum Gasteiger partial charge on any atom is -0.353 e. The van der Waals surface area contributed by atoms with Crippen molar-refractivity contribution in [2.75, 3.05) is 24.5 Å². The number of hydrogen-bond acceptors (Lipinski definition) is 3. The second-order valence-corrected chi connectivity index (χ2v) is 7.73. The Morgan fingerprint density at radius 1 is 1.29 bits per heavy atom. The number of benzene rings is 1. The molecule has 4 rings (SSSR count). The molecule has 0 radical (unpaired) electrons. The molecule has 2 heterocycles. The van der Waals surface area contributed by atoms with E-state index in [2.05, 4.69) is 25.5 Å². The van der Waals surface area contributed by atoms with Crippen LogP contribution in [-0.4, -0.2) is 42.7 Å². The average molecular weight is 402 g/mol. The zero-order chi connectivity index (χ0) is 19.5. The van der Waals surface area contributed by atoms with E-state index in [-0.39, 0.29) is 23.8 Å². The molecule has 1 saturated carbocycles. The number of hydrogen-bond donors (Lipinski definition) is 2. The van der Waals surface area contributed by atoms with Gasteiger partial charge in [-0.15, -0.1) is 0 Å². The van der Waals surface area contributed by atoms with E-state index in [4.69, 9.17) is 11.6 Å². The van der Waals surface area contributed by atoms with Crippen molar-refractivity contribution < 1.29 is 4.39 Å². The van der Waals surface area contributed by atoms with Crippen LogP contribution in [-0.2, 0) is 0 Å². The Morgan fingerprint density at radius 2 is 2.14 bits per heavy atom. The molecule has 3 atom stereocenters. The van der Waals surface area contributed by atoms with E-state index < -0.39 is 0 Å². The van der Waals surface area contributed by atoms with Gasteiger partial charge in [-0.05, 0) is 43.5 Å². The molecule has 0 bridgehead atoms. The van der Waals surface area contributed by atoms with Crippen LogP contribution in [0.25, 0.3) is 0 Å². The maximum absolute atomic E-state index is 14.0. The lowest BCUT2D eigenvalue weighted by atomic mass is 10.1. The van der Waals surface area contributed by atoms with Gasteiger partial charge in [-0.2, -0.15) is 0 Å². The maximum atomic E-state index is 14.0. The quantitative estimate of drug-likeness (QED) is 0.594. The van der Waals surface area contributed by atoms with E-state index in [9.17, 15) is 4.39 Å². The summed E-state index contributed by atoms with van der Waals surface area (Å²) in [5.41, 5.74) is 0.785. The van der Waals surface area contributed by atoms with Gasteiger partial charge >= 0.3 is 0 Å². The van der Waals surface area contributed by atoms with Gasteiger partial charge in [-0.3, -0.25) is 4.99 Å². The van der Waals surface area contributed by atoms with Crippen LogP contribution < -0.4 is 15.5 Å². The Morgan fingerprint density at radius 3 is 2.93 bits per heavy atom. The highest BCUT2D eigenvalue weighted by Crippen LogP contribution is 2.41. The molecule has 2 N–H and O–H groups in total. The van der Waals surface area contributed by atoms with Crippen molar-refractivity contribution in [3.63, 3.8) is 0 Å². The van der Waals surface area contributed by atoms with E-state index in [0.29, 0.717) is 11.6 Å². The molecule has 0 amide bonds. The number of guanidine groups is 1. The number of aliphatic imine (C=N–C) groups is 1. The molecular formula is C21H25ClFN5. The molecule has 1 aromatic heterocycles.